The molecule has 8 aromatic carbocycles. The van der Waals surface area contributed by atoms with Crippen LogP contribution >= 0.6 is 0 Å². The van der Waals surface area contributed by atoms with Crippen LogP contribution in [0.4, 0.5) is 0 Å². The zero-order valence-corrected chi connectivity index (χ0v) is 28.2. The summed E-state index contributed by atoms with van der Waals surface area (Å²) in [5.41, 5.74) is 11.4. The number of pyridine rings is 1. The minimum Gasteiger partial charge on any atom is -0.256 e. The standard InChI is InChI=1S/C49H31N3/c1-3-10-33(11-4-1)45-31-46(34-12-5-2-6-13-34)52-49(51-45)43-29-40(32-17-19-35(20-18-32)44-16-7-8-25-50-44)28-42(30-43)41-26-38-23-21-36-14-9-15-37-22-24-39(27-41)48(38)47(36)37/h1-31H. The largest absolute Gasteiger partial charge is 0.256 e. The first-order valence-corrected chi connectivity index (χ1v) is 17.6. The van der Waals surface area contributed by atoms with Crippen LogP contribution in [0, 0.1) is 0 Å². The van der Waals surface area contributed by atoms with E-state index in [2.05, 4.69) is 157 Å². The lowest BCUT2D eigenvalue weighted by Gasteiger charge is -2.15. The van der Waals surface area contributed by atoms with Crippen LogP contribution in [0.2, 0.25) is 0 Å². The number of aromatic nitrogens is 3. The van der Waals surface area contributed by atoms with E-state index in [1.807, 2.05) is 36.5 Å². The molecule has 52 heavy (non-hydrogen) atoms. The van der Waals surface area contributed by atoms with Gasteiger partial charge in [0.05, 0.1) is 17.1 Å². The Bertz CT molecular complexity index is 2740. The Labute approximate surface area is 301 Å². The molecule has 0 aliphatic rings. The van der Waals surface area contributed by atoms with Crippen molar-refractivity contribution in [3.8, 4) is 67.4 Å². The maximum Gasteiger partial charge on any atom is 0.160 e. The van der Waals surface area contributed by atoms with Crippen molar-refractivity contribution in [2.75, 3.05) is 0 Å². The van der Waals surface area contributed by atoms with Crippen molar-refractivity contribution in [2.24, 2.45) is 0 Å². The van der Waals surface area contributed by atoms with Gasteiger partial charge in [-0.25, -0.2) is 9.97 Å². The summed E-state index contributed by atoms with van der Waals surface area (Å²) >= 11 is 0. The fourth-order valence-electron chi connectivity index (χ4n) is 7.47. The summed E-state index contributed by atoms with van der Waals surface area (Å²) < 4.78 is 0. The third-order valence-corrected chi connectivity index (χ3v) is 10.0. The molecule has 0 saturated carbocycles. The van der Waals surface area contributed by atoms with E-state index in [0.29, 0.717) is 5.82 Å². The SMILES string of the molecule is c1ccc(-c2cc(-c3ccccc3)nc(-c3cc(-c4ccc(-c5ccccn5)cc4)cc(-c4cc5ccc6cccc7ccc(c4)c5c67)c3)n2)cc1. The van der Waals surface area contributed by atoms with Crippen LogP contribution in [0.3, 0.4) is 0 Å². The highest BCUT2D eigenvalue weighted by atomic mass is 14.9. The summed E-state index contributed by atoms with van der Waals surface area (Å²) in [6.07, 6.45) is 1.84. The van der Waals surface area contributed by atoms with Gasteiger partial charge in [-0.3, -0.25) is 4.98 Å². The van der Waals surface area contributed by atoms with Crippen LogP contribution in [0.1, 0.15) is 0 Å². The van der Waals surface area contributed by atoms with Crippen molar-refractivity contribution in [3.63, 3.8) is 0 Å². The molecule has 242 valence electrons. The van der Waals surface area contributed by atoms with Gasteiger partial charge in [0.25, 0.3) is 0 Å². The number of nitrogens with zero attached hydrogens (tertiary/aromatic N) is 3. The van der Waals surface area contributed by atoms with E-state index < -0.39 is 0 Å². The van der Waals surface area contributed by atoms with Gasteiger partial charge in [0.2, 0.25) is 0 Å². The van der Waals surface area contributed by atoms with Crippen LogP contribution in [0.5, 0.6) is 0 Å². The first kappa shape index (κ1) is 29.9. The lowest BCUT2D eigenvalue weighted by Crippen LogP contribution is -1.97. The predicted molar refractivity (Wildman–Crippen MR) is 216 cm³/mol. The first-order valence-electron chi connectivity index (χ1n) is 17.6. The fraction of sp³-hybridized carbons (Fsp3) is 0. The van der Waals surface area contributed by atoms with E-state index in [9.17, 15) is 0 Å². The topological polar surface area (TPSA) is 38.7 Å². The molecule has 0 spiro atoms. The van der Waals surface area contributed by atoms with Gasteiger partial charge in [-0.2, -0.15) is 0 Å². The summed E-state index contributed by atoms with van der Waals surface area (Å²) in [6.45, 7) is 0. The molecular formula is C49H31N3. The van der Waals surface area contributed by atoms with Crippen molar-refractivity contribution >= 4 is 32.3 Å². The second kappa shape index (κ2) is 12.4. The van der Waals surface area contributed by atoms with Crippen LogP contribution in [-0.2, 0) is 0 Å². The van der Waals surface area contributed by atoms with E-state index in [-0.39, 0.29) is 0 Å². The zero-order valence-electron chi connectivity index (χ0n) is 28.2. The summed E-state index contributed by atoms with van der Waals surface area (Å²) in [4.78, 5) is 15.0. The molecule has 0 fully saturated rings. The molecule has 0 amide bonds. The van der Waals surface area contributed by atoms with Gasteiger partial charge < -0.3 is 0 Å². The molecule has 0 unspecified atom stereocenters. The van der Waals surface area contributed by atoms with E-state index in [4.69, 9.17) is 9.97 Å². The Hall–Kier alpha value is -6.97. The van der Waals surface area contributed by atoms with Crippen LogP contribution < -0.4 is 0 Å². The Morgan fingerprint density at radius 3 is 1.35 bits per heavy atom. The van der Waals surface area contributed by atoms with Crippen LogP contribution in [0.15, 0.2) is 188 Å². The number of benzene rings is 8. The Kier molecular flexibility index (Phi) is 7.14. The van der Waals surface area contributed by atoms with E-state index in [1.54, 1.807) is 0 Å². The van der Waals surface area contributed by atoms with Crippen LogP contribution in [0.25, 0.3) is 99.7 Å². The van der Waals surface area contributed by atoms with Gasteiger partial charge in [0.15, 0.2) is 5.82 Å². The third kappa shape index (κ3) is 5.37. The minimum absolute atomic E-state index is 0.686. The zero-order chi connectivity index (χ0) is 34.4. The molecule has 0 atom stereocenters. The van der Waals surface area contributed by atoms with E-state index in [0.717, 1.165) is 61.6 Å². The molecule has 10 rings (SSSR count). The normalized spacial score (nSPS) is 11.5. The Balaban J connectivity index is 1.19. The van der Waals surface area contributed by atoms with Crippen molar-refractivity contribution in [3.05, 3.63) is 188 Å². The maximum atomic E-state index is 5.22. The third-order valence-electron chi connectivity index (χ3n) is 10.0. The van der Waals surface area contributed by atoms with Gasteiger partial charge in [0, 0.05) is 28.5 Å². The van der Waals surface area contributed by atoms with E-state index in [1.165, 1.54) is 32.3 Å². The highest BCUT2D eigenvalue weighted by molar-refractivity contribution is 6.23. The van der Waals surface area contributed by atoms with Crippen molar-refractivity contribution in [2.45, 2.75) is 0 Å². The molecule has 0 bridgehead atoms. The molecule has 3 nitrogen and oxygen atoms in total. The predicted octanol–water partition coefficient (Wildman–Crippen LogP) is 12.8. The quantitative estimate of drug-likeness (QED) is 0.166. The summed E-state index contributed by atoms with van der Waals surface area (Å²) in [7, 11) is 0. The van der Waals surface area contributed by atoms with E-state index >= 15 is 0 Å². The van der Waals surface area contributed by atoms with Crippen LogP contribution in [-0.4, -0.2) is 15.0 Å². The summed E-state index contributed by atoms with van der Waals surface area (Å²) in [6, 6.07) is 64.5. The second-order valence-electron chi connectivity index (χ2n) is 13.3. The monoisotopic (exact) mass is 661 g/mol. The lowest BCUT2D eigenvalue weighted by molar-refractivity contribution is 1.18. The molecule has 0 aliphatic heterocycles. The first-order chi connectivity index (χ1) is 25.7. The molecular weight excluding hydrogens is 631 g/mol. The number of rotatable bonds is 6. The van der Waals surface area contributed by atoms with Crippen molar-refractivity contribution in [1.82, 2.24) is 15.0 Å². The van der Waals surface area contributed by atoms with Gasteiger partial charge in [-0.1, -0.05) is 133 Å². The highest BCUT2D eigenvalue weighted by Gasteiger charge is 2.16. The molecule has 0 aliphatic carbocycles. The smallest absolute Gasteiger partial charge is 0.160 e. The van der Waals surface area contributed by atoms with Gasteiger partial charge in [-0.15, -0.1) is 0 Å². The summed E-state index contributed by atoms with van der Waals surface area (Å²) in [5, 5.41) is 7.64. The fourth-order valence-corrected chi connectivity index (χ4v) is 7.47. The molecule has 3 heteroatoms. The second-order valence-corrected chi connectivity index (χ2v) is 13.3. The molecule has 10 aromatic rings. The summed E-state index contributed by atoms with van der Waals surface area (Å²) in [5.74, 6) is 0.686. The lowest BCUT2D eigenvalue weighted by atomic mass is 9.90. The molecule has 2 aromatic heterocycles. The average molecular weight is 662 g/mol. The highest BCUT2D eigenvalue weighted by Crippen LogP contribution is 2.40. The Morgan fingerprint density at radius 2 is 0.750 bits per heavy atom. The number of hydrogen-bond donors (Lipinski definition) is 0. The maximum absolute atomic E-state index is 5.22. The van der Waals surface area contributed by atoms with Gasteiger partial charge in [-0.05, 0) is 103 Å². The molecule has 2 heterocycles. The Morgan fingerprint density at radius 1 is 0.269 bits per heavy atom. The number of hydrogen-bond acceptors (Lipinski definition) is 3. The molecule has 0 radical (unpaired) electrons. The van der Waals surface area contributed by atoms with Crippen molar-refractivity contribution < 1.29 is 0 Å². The minimum atomic E-state index is 0.686. The van der Waals surface area contributed by atoms with Gasteiger partial charge >= 0.3 is 0 Å². The molecule has 0 saturated heterocycles. The van der Waals surface area contributed by atoms with Gasteiger partial charge in [0.1, 0.15) is 0 Å². The molecule has 0 N–H and O–H groups in total. The average Bonchev–Trinajstić information content (AvgIpc) is 3.23. The van der Waals surface area contributed by atoms with Crippen molar-refractivity contribution in [1.29, 1.82) is 0 Å².